The molecule has 2 aliphatic rings. The van der Waals surface area contributed by atoms with Gasteiger partial charge in [0.2, 0.25) is 0 Å². The summed E-state index contributed by atoms with van der Waals surface area (Å²) < 4.78 is 5.54. The second kappa shape index (κ2) is 4.37. The number of hydrogen-bond acceptors (Lipinski definition) is 4. The van der Waals surface area contributed by atoms with E-state index in [-0.39, 0.29) is 6.10 Å². The predicted octanol–water partition coefficient (Wildman–Crippen LogP) is 1.92. The number of ether oxygens (including phenoxy) is 1. The van der Waals surface area contributed by atoms with Crippen LogP contribution in [-0.2, 0) is 4.74 Å². The van der Waals surface area contributed by atoms with Crippen molar-refractivity contribution in [3.8, 4) is 0 Å². The molecule has 0 aromatic heterocycles. The summed E-state index contributed by atoms with van der Waals surface area (Å²) in [7, 11) is 0. The van der Waals surface area contributed by atoms with Gasteiger partial charge in [-0.1, -0.05) is 6.08 Å². The topological polar surface area (TPSA) is 37.2 Å². The van der Waals surface area contributed by atoms with Gasteiger partial charge in [0, 0.05) is 19.4 Å². The summed E-state index contributed by atoms with van der Waals surface area (Å²) in [5.74, 6) is 0. The fourth-order valence-electron chi connectivity index (χ4n) is 1.68. The summed E-state index contributed by atoms with van der Waals surface area (Å²) in [6, 6.07) is 0. The Hall–Kier alpha value is -1.16. The lowest BCUT2D eigenvalue weighted by molar-refractivity contribution is 0.132. The van der Waals surface area contributed by atoms with Gasteiger partial charge in [0.05, 0.1) is 0 Å². The Morgan fingerprint density at radius 2 is 2.64 bits per heavy atom. The minimum Gasteiger partial charge on any atom is -0.372 e. The van der Waals surface area contributed by atoms with Crippen molar-refractivity contribution in [2.45, 2.75) is 18.9 Å². The van der Waals surface area contributed by atoms with Crippen molar-refractivity contribution in [3.05, 3.63) is 24.6 Å². The van der Waals surface area contributed by atoms with Crippen LogP contribution in [0.1, 0.15) is 12.8 Å². The predicted molar refractivity (Wildman–Crippen MR) is 53.7 cm³/mol. The molecule has 0 saturated carbocycles. The summed E-state index contributed by atoms with van der Waals surface area (Å²) in [5, 5.41) is 8.19. The third kappa shape index (κ3) is 2.01. The largest absolute Gasteiger partial charge is 0.372 e. The molecule has 14 heavy (non-hydrogen) atoms. The van der Waals surface area contributed by atoms with Crippen LogP contribution >= 0.6 is 0 Å². The van der Waals surface area contributed by atoms with Crippen molar-refractivity contribution in [2.75, 3.05) is 19.8 Å². The van der Waals surface area contributed by atoms with Gasteiger partial charge in [0.1, 0.15) is 18.5 Å². The van der Waals surface area contributed by atoms with Crippen LogP contribution in [-0.4, -0.2) is 30.8 Å². The standard InChI is InChI=1S/C10H15N3O/c1-2-5-13-7-9(12-11-8-13)10-4-3-6-14-10/h2,7,10H,1,3-6,8H2. The van der Waals surface area contributed by atoms with E-state index in [2.05, 4.69) is 21.7 Å². The smallest absolute Gasteiger partial charge is 0.131 e. The molecule has 0 N–H and O–H groups in total. The van der Waals surface area contributed by atoms with Crippen LogP contribution < -0.4 is 0 Å². The molecule has 4 nitrogen and oxygen atoms in total. The molecule has 0 aromatic carbocycles. The van der Waals surface area contributed by atoms with Gasteiger partial charge in [-0.15, -0.1) is 6.58 Å². The highest BCUT2D eigenvalue weighted by Gasteiger charge is 2.22. The van der Waals surface area contributed by atoms with Crippen molar-refractivity contribution in [1.82, 2.24) is 4.90 Å². The highest BCUT2D eigenvalue weighted by Crippen LogP contribution is 2.23. The van der Waals surface area contributed by atoms with E-state index in [1.165, 1.54) is 0 Å². The van der Waals surface area contributed by atoms with Crippen molar-refractivity contribution < 1.29 is 4.74 Å². The lowest BCUT2D eigenvalue weighted by Gasteiger charge is -2.21. The van der Waals surface area contributed by atoms with Crippen LogP contribution in [0.4, 0.5) is 0 Å². The molecule has 2 rings (SSSR count). The maximum absolute atomic E-state index is 5.54. The van der Waals surface area contributed by atoms with E-state index in [4.69, 9.17) is 4.74 Å². The van der Waals surface area contributed by atoms with Gasteiger partial charge in [-0.05, 0) is 12.8 Å². The second-order valence-corrected chi connectivity index (χ2v) is 3.50. The van der Waals surface area contributed by atoms with E-state index in [9.17, 15) is 0 Å². The van der Waals surface area contributed by atoms with E-state index in [0.29, 0.717) is 6.67 Å². The first-order valence-corrected chi connectivity index (χ1v) is 4.96. The molecule has 76 valence electrons. The number of azo groups is 1. The molecule has 0 amide bonds. The van der Waals surface area contributed by atoms with Crippen LogP contribution in [0, 0.1) is 0 Å². The highest BCUT2D eigenvalue weighted by molar-refractivity contribution is 5.09. The van der Waals surface area contributed by atoms with Gasteiger partial charge in [-0.2, -0.15) is 10.2 Å². The number of rotatable bonds is 3. The third-order valence-electron chi connectivity index (χ3n) is 2.37. The van der Waals surface area contributed by atoms with Crippen LogP contribution in [0.15, 0.2) is 34.8 Å². The zero-order valence-electron chi connectivity index (χ0n) is 8.22. The van der Waals surface area contributed by atoms with E-state index in [0.717, 1.165) is 31.7 Å². The maximum Gasteiger partial charge on any atom is 0.131 e. The normalized spacial score (nSPS) is 26.4. The molecule has 0 spiro atoms. The van der Waals surface area contributed by atoms with Crippen LogP contribution in [0.25, 0.3) is 0 Å². The van der Waals surface area contributed by atoms with Crippen molar-refractivity contribution >= 4 is 0 Å². The van der Waals surface area contributed by atoms with Gasteiger partial charge in [-0.25, -0.2) is 0 Å². The molecule has 0 bridgehead atoms. The zero-order valence-corrected chi connectivity index (χ0v) is 8.22. The lowest BCUT2D eigenvalue weighted by atomic mass is 10.2. The molecule has 0 aromatic rings. The molecule has 1 unspecified atom stereocenters. The average molecular weight is 193 g/mol. The fraction of sp³-hybridized carbons (Fsp3) is 0.600. The zero-order chi connectivity index (χ0) is 9.80. The second-order valence-electron chi connectivity index (χ2n) is 3.50. The average Bonchev–Trinajstić information content (AvgIpc) is 2.71. The summed E-state index contributed by atoms with van der Waals surface area (Å²) >= 11 is 0. The highest BCUT2D eigenvalue weighted by atomic mass is 16.5. The summed E-state index contributed by atoms with van der Waals surface area (Å²) in [5.41, 5.74) is 0.954. The molecular weight excluding hydrogens is 178 g/mol. The Bertz CT molecular complexity index is 265. The lowest BCUT2D eigenvalue weighted by Crippen LogP contribution is -2.23. The molecule has 4 heteroatoms. The SMILES string of the molecule is C=CCN1C=C(C2CCCO2)N=NC1. The van der Waals surface area contributed by atoms with E-state index in [1.54, 1.807) is 0 Å². The molecule has 1 atom stereocenters. The van der Waals surface area contributed by atoms with Crippen molar-refractivity contribution in [3.63, 3.8) is 0 Å². The quantitative estimate of drug-likeness (QED) is 0.642. The minimum atomic E-state index is 0.159. The van der Waals surface area contributed by atoms with E-state index >= 15 is 0 Å². The van der Waals surface area contributed by atoms with Gasteiger partial charge < -0.3 is 9.64 Å². The fourth-order valence-corrected chi connectivity index (χ4v) is 1.68. The first-order valence-electron chi connectivity index (χ1n) is 4.96. The van der Waals surface area contributed by atoms with Crippen molar-refractivity contribution in [1.29, 1.82) is 0 Å². The Balaban J connectivity index is 2.01. The Morgan fingerprint density at radius 3 is 3.36 bits per heavy atom. The van der Waals surface area contributed by atoms with Crippen LogP contribution in [0.2, 0.25) is 0 Å². The maximum atomic E-state index is 5.54. The van der Waals surface area contributed by atoms with Gasteiger partial charge in [-0.3, -0.25) is 0 Å². The van der Waals surface area contributed by atoms with Gasteiger partial charge in [0.15, 0.2) is 0 Å². The molecule has 1 saturated heterocycles. The monoisotopic (exact) mass is 193 g/mol. The van der Waals surface area contributed by atoms with Crippen LogP contribution in [0.3, 0.4) is 0 Å². The number of hydrogen-bond donors (Lipinski definition) is 0. The Morgan fingerprint density at radius 1 is 1.71 bits per heavy atom. The summed E-state index contributed by atoms with van der Waals surface area (Å²) in [6.07, 6.45) is 6.24. The Labute approximate surface area is 84.0 Å². The van der Waals surface area contributed by atoms with Crippen molar-refractivity contribution in [2.24, 2.45) is 10.2 Å². The van der Waals surface area contributed by atoms with Crippen LogP contribution in [0.5, 0.6) is 0 Å². The molecule has 2 heterocycles. The first kappa shape index (κ1) is 9.40. The first-order chi connectivity index (χ1) is 6.90. The van der Waals surface area contributed by atoms with Gasteiger partial charge in [0.25, 0.3) is 0 Å². The van der Waals surface area contributed by atoms with E-state index in [1.807, 2.05) is 12.3 Å². The molecule has 1 fully saturated rings. The molecule has 0 radical (unpaired) electrons. The molecule has 2 aliphatic heterocycles. The molecular formula is C10H15N3O. The van der Waals surface area contributed by atoms with Gasteiger partial charge >= 0.3 is 0 Å². The minimum absolute atomic E-state index is 0.159. The Kier molecular flexibility index (Phi) is 2.93. The summed E-state index contributed by atoms with van der Waals surface area (Å²) in [4.78, 5) is 2.08. The number of nitrogens with zero attached hydrogens (tertiary/aromatic N) is 3. The van der Waals surface area contributed by atoms with E-state index < -0.39 is 0 Å². The molecule has 0 aliphatic carbocycles. The summed E-state index contributed by atoms with van der Waals surface area (Å²) in [6.45, 7) is 5.99. The third-order valence-corrected chi connectivity index (χ3v) is 2.37.